The highest BCUT2D eigenvalue weighted by Crippen LogP contribution is 2.32. The molecule has 0 aliphatic heterocycles. The topological polar surface area (TPSA) is 30.7 Å². The van der Waals surface area contributed by atoms with E-state index in [1.807, 2.05) is 47.4 Å². The minimum absolute atomic E-state index is 0.777. The highest BCUT2D eigenvalue weighted by atomic mass is 32.2. The highest BCUT2D eigenvalue weighted by molar-refractivity contribution is 7.99. The molecule has 3 rings (SSSR count). The summed E-state index contributed by atoms with van der Waals surface area (Å²) in [6.45, 7) is 0. The number of thiazole rings is 1. The van der Waals surface area contributed by atoms with Gasteiger partial charge in [-0.1, -0.05) is 41.3 Å². The molecule has 102 valence electrons. The van der Waals surface area contributed by atoms with E-state index in [0.717, 1.165) is 30.2 Å². The van der Waals surface area contributed by atoms with Crippen LogP contribution in [-0.4, -0.2) is 27.0 Å². The molecular weight excluding hydrogens is 326 g/mol. The number of fused-ring (bicyclic) bond motifs is 1. The zero-order chi connectivity index (χ0) is 14.1. The smallest absolute Gasteiger partial charge is 0.190 e. The Bertz CT molecular complexity index is 808. The molecule has 0 amide bonds. The molecule has 0 N–H and O–H groups in total. The number of hydrogen-bond donors (Lipinski definition) is 0. The molecule has 0 radical (unpaired) electrons. The molecule has 0 saturated carbocycles. The molecule has 3 aromatic rings. The van der Waals surface area contributed by atoms with Gasteiger partial charge >= 0.3 is 0 Å². The van der Waals surface area contributed by atoms with E-state index in [1.165, 1.54) is 0 Å². The van der Waals surface area contributed by atoms with Crippen LogP contribution in [0.15, 0.2) is 40.5 Å². The number of aromatic nitrogens is 3. The van der Waals surface area contributed by atoms with Gasteiger partial charge in [-0.2, -0.15) is 0 Å². The van der Waals surface area contributed by atoms with Crippen molar-refractivity contribution in [2.24, 2.45) is 0 Å². The van der Waals surface area contributed by atoms with Crippen LogP contribution in [-0.2, 0) is 0 Å². The number of thioether (sulfide) groups is 2. The number of nitrogens with zero attached hydrogens (tertiary/aromatic N) is 3. The predicted octanol–water partition coefficient (Wildman–Crippen LogP) is 4.66. The first-order chi connectivity index (χ1) is 9.74. The maximum absolute atomic E-state index is 5.52. The molecule has 0 atom stereocenters. The molecule has 7 heteroatoms. The predicted molar refractivity (Wildman–Crippen MR) is 91.1 cm³/mol. The summed E-state index contributed by atoms with van der Waals surface area (Å²) in [5.74, 6) is 0. The van der Waals surface area contributed by atoms with Crippen LogP contribution in [0.4, 0.5) is 0 Å². The van der Waals surface area contributed by atoms with E-state index >= 15 is 0 Å². The molecule has 2 heterocycles. The monoisotopic (exact) mass is 337 g/mol. The maximum atomic E-state index is 5.52. The second-order valence-corrected chi connectivity index (χ2v) is 7.12. The largest absolute Gasteiger partial charge is 0.276 e. The molecule has 3 nitrogen and oxygen atoms in total. The van der Waals surface area contributed by atoms with Gasteiger partial charge in [-0.25, -0.2) is 9.97 Å². The van der Waals surface area contributed by atoms with Gasteiger partial charge in [-0.3, -0.25) is 4.57 Å². The molecular formula is C13H11N3S4. The molecule has 0 spiro atoms. The van der Waals surface area contributed by atoms with Gasteiger partial charge in [0, 0.05) is 5.69 Å². The number of rotatable bonds is 3. The summed E-state index contributed by atoms with van der Waals surface area (Å²) in [7, 11) is 0. The summed E-state index contributed by atoms with van der Waals surface area (Å²) in [5.41, 5.74) is 1.94. The molecule has 0 bridgehead atoms. The van der Waals surface area contributed by atoms with Crippen LogP contribution in [0.2, 0.25) is 0 Å². The van der Waals surface area contributed by atoms with Gasteiger partial charge in [-0.05, 0) is 36.9 Å². The third-order valence-electron chi connectivity index (χ3n) is 2.77. The van der Waals surface area contributed by atoms with Crippen LogP contribution < -0.4 is 0 Å². The van der Waals surface area contributed by atoms with E-state index in [0.29, 0.717) is 0 Å². The Morgan fingerprint density at radius 1 is 1.10 bits per heavy atom. The zero-order valence-electron chi connectivity index (χ0n) is 10.9. The van der Waals surface area contributed by atoms with Gasteiger partial charge in [0.2, 0.25) is 0 Å². The normalized spacial score (nSPS) is 11.1. The minimum Gasteiger partial charge on any atom is -0.276 e. The fourth-order valence-electron chi connectivity index (χ4n) is 1.89. The van der Waals surface area contributed by atoms with Crippen LogP contribution in [0.3, 0.4) is 0 Å². The first kappa shape index (κ1) is 14.1. The lowest BCUT2D eigenvalue weighted by molar-refractivity contribution is 0.913. The zero-order valence-corrected chi connectivity index (χ0v) is 14.1. The molecule has 0 saturated heterocycles. The van der Waals surface area contributed by atoms with E-state index < -0.39 is 0 Å². The molecule has 0 aliphatic carbocycles. The standard InChI is InChI=1S/C13H11N3S4/c1-18-11-9-10(14-12(15-11)19-2)16(13(17)20-9)8-6-4-3-5-7-8/h3-7H,1-2H3. The lowest BCUT2D eigenvalue weighted by Crippen LogP contribution is -1.97. The van der Waals surface area contributed by atoms with Crippen LogP contribution in [0.1, 0.15) is 0 Å². The molecule has 20 heavy (non-hydrogen) atoms. The van der Waals surface area contributed by atoms with Gasteiger partial charge < -0.3 is 0 Å². The van der Waals surface area contributed by atoms with Gasteiger partial charge in [0.25, 0.3) is 0 Å². The van der Waals surface area contributed by atoms with Gasteiger partial charge in [0.1, 0.15) is 9.73 Å². The third kappa shape index (κ3) is 2.39. The van der Waals surface area contributed by atoms with E-state index in [1.54, 1.807) is 34.9 Å². The Hall–Kier alpha value is -0.890. The van der Waals surface area contributed by atoms with Crippen LogP contribution in [0.25, 0.3) is 16.0 Å². The van der Waals surface area contributed by atoms with Crippen molar-refractivity contribution in [1.29, 1.82) is 0 Å². The van der Waals surface area contributed by atoms with E-state index in [2.05, 4.69) is 9.97 Å². The lowest BCUT2D eigenvalue weighted by Gasteiger charge is -2.05. The van der Waals surface area contributed by atoms with Crippen LogP contribution in [0, 0.1) is 3.95 Å². The minimum atomic E-state index is 0.777. The second kappa shape index (κ2) is 5.85. The van der Waals surface area contributed by atoms with Crippen molar-refractivity contribution in [1.82, 2.24) is 14.5 Å². The van der Waals surface area contributed by atoms with Gasteiger partial charge in [0.15, 0.2) is 14.8 Å². The number of hydrogen-bond acceptors (Lipinski definition) is 6. The van der Waals surface area contributed by atoms with E-state index in [9.17, 15) is 0 Å². The summed E-state index contributed by atoms with van der Waals surface area (Å²) in [6.07, 6.45) is 4.01. The van der Waals surface area contributed by atoms with Gasteiger partial charge in [-0.15, -0.1) is 11.8 Å². The highest BCUT2D eigenvalue weighted by Gasteiger charge is 2.14. The van der Waals surface area contributed by atoms with Crippen LogP contribution >= 0.6 is 47.1 Å². The molecule has 2 aromatic heterocycles. The Kier molecular flexibility index (Phi) is 4.11. The first-order valence-corrected chi connectivity index (χ1v) is 9.49. The summed E-state index contributed by atoms with van der Waals surface area (Å²) >= 11 is 10.3. The van der Waals surface area contributed by atoms with Gasteiger partial charge in [0.05, 0.1) is 0 Å². The van der Waals surface area contributed by atoms with Crippen molar-refractivity contribution < 1.29 is 0 Å². The third-order valence-corrected chi connectivity index (χ3v) is 5.50. The lowest BCUT2D eigenvalue weighted by atomic mass is 10.3. The SMILES string of the molecule is CSc1nc(SC)c2sc(=S)n(-c3ccccc3)c2n1. The van der Waals surface area contributed by atoms with E-state index in [-0.39, 0.29) is 0 Å². The Balaban J connectivity index is 2.38. The van der Waals surface area contributed by atoms with Crippen molar-refractivity contribution in [2.45, 2.75) is 10.2 Å². The van der Waals surface area contributed by atoms with Crippen molar-refractivity contribution in [3.63, 3.8) is 0 Å². The van der Waals surface area contributed by atoms with Crippen LogP contribution in [0.5, 0.6) is 0 Å². The first-order valence-electron chi connectivity index (χ1n) is 5.81. The van der Waals surface area contributed by atoms with Crippen molar-refractivity contribution >= 4 is 57.4 Å². The number of para-hydroxylation sites is 1. The molecule has 0 aliphatic rings. The van der Waals surface area contributed by atoms with Crippen molar-refractivity contribution in [3.8, 4) is 5.69 Å². The summed E-state index contributed by atoms with van der Waals surface area (Å²) in [5, 5.41) is 1.77. The Labute approximate surface area is 134 Å². The quantitative estimate of drug-likeness (QED) is 0.300. The molecule has 1 aromatic carbocycles. The summed E-state index contributed by atoms with van der Waals surface area (Å²) in [6, 6.07) is 10.1. The van der Waals surface area contributed by atoms with E-state index in [4.69, 9.17) is 12.2 Å². The van der Waals surface area contributed by atoms with Crippen molar-refractivity contribution in [2.75, 3.05) is 12.5 Å². The average Bonchev–Trinajstić information content (AvgIpc) is 2.82. The van der Waals surface area contributed by atoms with Crippen molar-refractivity contribution in [3.05, 3.63) is 34.3 Å². The molecule has 0 unspecified atom stereocenters. The fraction of sp³-hybridized carbons (Fsp3) is 0.154. The average molecular weight is 338 g/mol. The maximum Gasteiger partial charge on any atom is 0.190 e. The Morgan fingerprint density at radius 3 is 2.50 bits per heavy atom. The second-order valence-electron chi connectivity index (χ2n) is 3.91. The molecule has 0 fully saturated rings. The number of benzene rings is 1. The fourth-order valence-corrected chi connectivity index (χ4v) is 4.40. The summed E-state index contributed by atoms with van der Waals surface area (Å²) < 4.78 is 3.88. The Morgan fingerprint density at radius 2 is 1.85 bits per heavy atom. The summed E-state index contributed by atoms with van der Waals surface area (Å²) in [4.78, 5) is 9.20.